The minimum absolute atomic E-state index is 0.670. The van der Waals surface area contributed by atoms with E-state index >= 15 is 0 Å². The second-order valence-electron chi connectivity index (χ2n) is 5.54. The maximum absolute atomic E-state index is 6.06. The van der Waals surface area contributed by atoms with Crippen molar-refractivity contribution in [2.45, 2.75) is 24.4 Å². The molecular weight excluding hydrogens is 370 g/mol. The largest absolute Gasteiger partial charge is 0.493 e. The summed E-state index contributed by atoms with van der Waals surface area (Å²) in [6.07, 6.45) is 0. The van der Waals surface area contributed by atoms with Gasteiger partial charge < -0.3 is 14.0 Å². The van der Waals surface area contributed by atoms with Crippen LogP contribution in [0.4, 0.5) is 0 Å². The van der Waals surface area contributed by atoms with Crippen molar-refractivity contribution in [1.29, 1.82) is 0 Å². The second kappa shape index (κ2) is 8.47. The topological polar surface area (TPSA) is 49.2 Å². The molecule has 0 aliphatic heterocycles. The van der Waals surface area contributed by atoms with Gasteiger partial charge in [-0.25, -0.2) is 0 Å². The number of benzene rings is 2. The van der Waals surface area contributed by atoms with Gasteiger partial charge in [0.25, 0.3) is 0 Å². The summed E-state index contributed by atoms with van der Waals surface area (Å²) in [5, 5.41) is 10.4. The molecule has 0 spiro atoms. The van der Waals surface area contributed by atoms with Crippen molar-refractivity contribution in [1.82, 2.24) is 14.8 Å². The first kappa shape index (κ1) is 18.6. The summed E-state index contributed by atoms with van der Waals surface area (Å²) in [5.41, 5.74) is 2.09. The molecule has 0 saturated heterocycles. The van der Waals surface area contributed by atoms with Crippen molar-refractivity contribution in [3.63, 3.8) is 0 Å². The van der Waals surface area contributed by atoms with Crippen LogP contribution in [0.2, 0.25) is 5.02 Å². The van der Waals surface area contributed by atoms with E-state index in [1.54, 1.807) is 26.0 Å². The lowest BCUT2D eigenvalue weighted by molar-refractivity contribution is 0.355. The average molecular weight is 390 g/mol. The van der Waals surface area contributed by atoms with Crippen molar-refractivity contribution in [2.24, 2.45) is 0 Å². The summed E-state index contributed by atoms with van der Waals surface area (Å²) in [6.45, 7) is 2.85. The predicted molar refractivity (Wildman–Crippen MR) is 105 cm³/mol. The smallest absolute Gasteiger partial charge is 0.191 e. The highest BCUT2D eigenvalue weighted by Crippen LogP contribution is 2.33. The Hall–Kier alpha value is -2.18. The summed E-state index contributed by atoms with van der Waals surface area (Å²) in [6, 6.07) is 13.6. The molecule has 0 unspecified atom stereocenters. The zero-order valence-corrected chi connectivity index (χ0v) is 16.5. The van der Waals surface area contributed by atoms with Crippen LogP contribution in [0.5, 0.6) is 11.5 Å². The number of ether oxygens (including phenoxy) is 2. The molecule has 2 aromatic carbocycles. The van der Waals surface area contributed by atoms with Crippen molar-refractivity contribution in [3.8, 4) is 22.9 Å². The van der Waals surface area contributed by atoms with E-state index in [4.69, 9.17) is 21.1 Å². The minimum Gasteiger partial charge on any atom is -0.493 e. The summed E-state index contributed by atoms with van der Waals surface area (Å²) in [7, 11) is 3.25. The molecule has 0 bridgehead atoms. The Kier molecular flexibility index (Phi) is 6.06. The second-order valence-corrected chi connectivity index (χ2v) is 6.92. The Labute approximate surface area is 162 Å². The molecular formula is C19H20ClN3O2S. The average Bonchev–Trinajstić information content (AvgIpc) is 3.08. The fourth-order valence-corrected chi connectivity index (χ4v) is 3.80. The molecule has 0 N–H and O–H groups in total. The van der Waals surface area contributed by atoms with E-state index in [-0.39, 0.29) is 0 Å². The molecule has 0 atom stereocenters. The van der Waals surface area contributed by atoms with E-state index in [1.807, 2.05) is 36.4 Å². The number of aromatic nitrogens is 3. The molecule has 7 heteroatoms. The van der Waals surface area contributed by atoms with Gasteiger partial charge in [0.05, 0.1) is 14.2 Å². The lowest BCUT2D eigenvalue weighted by atomic mass is 10.2. The first-order chi connectivity index (χ1) is 12.7. The number of halogens is 1. The van der Waals surface area contributed by atoms with Gasteiger partial charge in [-0.2, -0.15) is 0 Å². The van der Waals surface area contributed by atoms with Crippen LogP contribution in [0.3, 0.4) is 0 Å². The Balaban J connectivity index is 1.86. The zero-order valence-electron chi connectivity index (χ0n) is 14.9. The van der Waals surface area contributed by atoms with Crippen molar-refractivity contribution in [3.05, 3.63) is 53.1 Å². The molecule has 5 nitrogen and oxygen atoms in total. The Morgan fingerprint density at radius 3 is 2.54 bits per heavy atom. The van der Waals surface area contributed by atoms with Crippen LogP contribution in [0.1, 0.15) is 12.5 Å². The summed E-state index contributed by atoms with van der Waals surface area (Å²) >= 11 is 7.70. The molecule has 136 valence electrons. The fourth-order valence-electron chi connectivity index (χ4n) is 2.64. The maximum atomic E-state index is 6.06. The zero-order chi connectivity index (χ0) is 18.5. The predicted octanol–water partition coefficient (Wildman–Crippen LogP) is 4.93. The third-order valence-electron chi connectivity index (χ3n) is 3.93. The van der Waals surface area contributed by atoms with Crippen molar-refractivity contribution >= 4 is 23.4 Å². The van der Waals surface area contributed by atoms with Gasteiger partial charge in [-0.05, 0) is 42.8 Å². The Bertz CT molecular complexity index is 898. The molecule has 0 aliphatic rings. The van der Waals surface area contributed by atoms with Crippen LogP contribution < -0.4 is 9.47 Å². The first-order valence-electron chi connectivity index (χ1n) is 8.19. The number of thioether (sulfide) groups is 1. The number of rotatable bonds is 7. The van der Waals surface area contributed by atoms with E-state index < -0.39 is 0 Å². The monoisotopic (exact) mass is 389 g/mol. The van der Waals surface area contributed by atoms with Gasteiger partial charge in [0.1, 0.15) is 0 Å². The highest BCUT2D eigenvalue weighted by Gasteiger charge is 2.15. The van der Waals surface area contributed by atoms with E-state index in [1.165, 1.54) is 0 Å². The highest BCUT2D eigenvalue weighted by molar-refractivity contribution is 7.98. The van der Waals surface area contributed by atoms with Crippen LogP contribution in [-0.4, -0.2) is 29.0 Å². The van der Waals surface area contributed by atoms with Gasteiger partial charge in [-0.1, -0.05) is 35.5 Å². The normalized spacial score (nSPS) is 10.8. The molecule has 1 heterocycles. The number of methoxy groups -OCH3 is 2. The molecule has 26 heavy (non-hydrogen) atoms. The lowest BCUT2D eigenvalue weighted by Gasteiger charge is -2.11. The Morgan fingerprint density at radius 1 is 1.04 bits per heavy atom. The molecule has 0 amide bonds. The quantitative estimate of drug-likeness (QED) is 0.536. The van der Waals surface area contributed by atoms with Gasteiger partial charge >= 0.3 is 0 Å². The molecule has 3 rings (SSSR count). The maximum Gasteiger partial charge on any atom is 0.191 e. The lowest BCUT2D eigenvalue weighted by Crippen LogP contribution is -2.00. The summed E-state index contributed by atoms with van der Waals surface area (Å²) in [4.78, 5) is 0. The molecule has 1 aromatic heterocycles. The van der Waals surface area contributed by atoms with Crippen LogP contribution in [0.25, 0.3) is 11.4 Å². The number of hydrogen-bond donors (Lipinski definition) is 0. The van der Waals surface area contributed by atoms with Crippen LogP contribution in [0.15, 0.2) is 47.6 Å². The van der Waals surface area contributed by atoms with Gasteiger partial charge in [0.2, 0.25) is 0 Å². The molecule has 0 radical (unpaired) electrons. The van der Waals surface area contributed by atoms with E-state index in [9.17, 15) is 0 Å². The van der Waals surface area contributed by atoms with Gasteiger partial charge in [0.15, 0.2) is 22.5 Å². The number of hydrogen-bond acceptors (Lipinski definition) is 5. The minimum atomic E-state index is 0.670. The van der Waals surface area contributed by atoms with E-state index in [0.29, 0.717) is 11.5 Å². The van der Waals surface area contributed by atoms with E-state index in [2.05, 4.69) is 27.8 Å². The van der Waals surface area contributed by atoms with E-state index in [0.717, 1.165) is 39.4 Å². The molecule has 0 aliphatic carbocycles. The van der Waals surface area contributed by atoms with Gasteiger partial charge in [0, 0.05) is 22.9 Å². The SMILES string of the molecule is CCn1c(SCc2cccc(Cl)c2)nnc1-c1ccc(OC)c(OC)c1. The third kappa shape index (κ3) is 3.97. The van der Waals surface area contributed by atoms with Crippen LogP contribution in [-0.2, 0) is 12.3 Å². The van der Waals surface area contributed by atoms with Crippen LogP contribution in [0, 0.1) is 0 Å². The Morgan fingerprint density at radius 2 is 1.85 bits per heavy atom. The van der Waals surface area contributed by atoms with Gasteiger partial charge in [-0.15, -0.1) is 10.2 Å². The van der Waals surface area contributed by atoms with Crippen molar-refractivity contribution in [2.75, 3.05) is 14.2 Å². The molecule has 3 aromatic rings. The van der Waals surface area contributed by atoms with Crippen LogP contribution >= 0.6 is 23.4 Å². The number of nitrogens with zero attached hydrogens (tertiary/aromatic N) is 3. The summed E-state index contributed by atoms with van der Waals surface area (Å²) in [5.74, 6) is 2.95. The standard InChI is InChI=1S/C19H20ClN3O2S/c1-4-23-18(14-8-9-16(24-2)17(11-14)25-3)21-22-19(23)26-12-13-6-5-7-15(20)10-13/h5-11H,4,12H2,1-3H3. The van der Waals surface area contributed by atoms with Gasteiger partial charge in [-0.3, -0.25) is 0 Å². The highest BCUT2D eigenvalue weighted by atomic mass is 35.5. The fraction of sp³-hybridized carbons (Fsp3) is 0.263. The molecule has 0 saturated carbocycles. The molecule has 0 fully saturated rings. The third-order valence-corrected chi connectivity index (χ3v) is 5.20. The first-order valence-corrected chi connectivity index (χ1v) is 9.55. The summed E-state index contributed by atoms with van der Waals surface area (Å²) < 4.78 is 12.8. The van der Waals surface area contributed by atoms with Crippen molar-refractivity contribution < 1.29 is 9.47 Å².